The number of aromatic nitrogens is 3. The summed E-state index contributed by atoms with van der Waals surface area (Å²) in [7, 11) is 1.63. The number of carbonyl (C=O) groups excluding carboxylic acids is 1. The van der Waals surface area contributed by atoms with Crippen LogP contribution in [0.1, 0.15) is 38.7 Å². The van der Waals surface area contributed by atoms with Crippen LogP contribution in [0.15, 0.2) is 47.1 Å². The van der Waals surface area contributed by atoms with Crippen molar-refractivity contribution >= 4 is 27.5 Å². The summed E-state index contributed by atoms with van der Waals surface area (Å²) in [6.07, 6.45) is 2.42. The summed E-state index contributed by atoms with van der Waals surface area (Å²) in [5, 5.41) is 11.5. The lowest BCUT2D eigenvalue weighted by Crippen LogP contribution is -2.50. The highest BCUT2D eigenvalue weighted by Crippen LogP contribution is 2.22. The van der Waals surface area contributed by atoms with Gasteiger partial charge in [-0.05, 0) is 66.0 Å². The lowest BCUT2D eigenvalue weighted by Gasteiger charge is -2.23. The molecule has 150 valence electrons. The summed E-state index contributed by atoms with van der Waals surface area (Å²) < 4.78 is 7.96. The van der Waals surface area contributed by atoms with Gasteiger partial charge in [0.2, 0.25) is 5.91 Å². The highest BCUT2D eigenvalue weighted by atomic mass is 79.9. The highest BCUT2D eigenvalue weighted by Gasteiger charge is 2.28. The van der Waals surface area contributed by atoms with Crippen LogP contribution in [0.25, 0.3) is 5.65 Å². The molecule has 2 aromatic heterocycles. The second kappa shape index (κ2) is 8.70. The van der Waals surface area contributed by atoms with E-state index in [0.717, 1.165) is 15.8 Å². The van der Waals surface area contributed by atoms with E-state index >= 15 is 0 Å². The summed E-state index contributed by atoms with van der Waals surface area (Å²) in [6.45, 7) is 3.34. The molecule has 3 rings (SSSR count). The van der Waals surface area contributed by atoms with Crippen molar-refractivity contribution < 1.29 is 9.53 Å². The van der Waals surface area contributed by atoms with Gasteiger partial charge < -0.3 is 15.8 Å². The molecule has 2 heterocycles. The van der Waals surface area contributed by atoms with Gasteiger partial charge in [-0.1, -0.05) is 19.6 Å². The minimum atomic E-state index is -1.00. The first-order chi connectivity index (χ1) is 12.8. The van der Waals surface area contributed by atoms with E-state index in [1.165, 1.54) is 0 Å². The van der Waals surface area contributed by atoms with E-state index in [0.29, 0.717) is 17.9 Å². The minimum Gasteiger partial charge on any atom is -0.497 e. The van der Waals surface area contributed by atoms with Crippen molar-refractivity contribution in [3.05, 3.63) is 58.5 Å². The molecule has 1 atom stereocenters. The monoisotopic (exact) mass is 447 g/mol. The van der Waals surface area contributed by atoms with Crippen LogP contribution in [0, 0.1) is 0 Å². The van der Waals surface area contributed by atoms with Gasteiger partial charge in [-0.15, -0.1) is 10.2 Å². The molecule has 0 spiro atoms. The Balaban J connectivity index is 0.00000280. The van der Waals surface area contributed by atoms with Crippen molar-refractivity contribution in [3.8, 4) is 5.75 Å². The number of benzene rings is 1. The van der Waals surface area contributed by atoms with Crippen molar-refractivity contribution in [2.75, 3.05) is 7.11 Å². The third-order valence-corrected chi connectivity index (χ3v) is 4.66. The fraction of sp³-hybridized carbons (Fsp3) is 0.350. The predicted octanol–water partition coefficient (Wildman–Crippen LogP) is 3.27. The number of methoxy groups -OCH3 is 1. The van der Waals surface area contributed by atoms with Gasteiger partial charge in [0.05, 0.1) is 18.7 Å². The fourth-order valence-electron chi connectivity index (χ4n) is 2.67. The number of nitrogens with zero attached hydrogens (tertiary/aromatic N) is 3. The molecular formula is C20H26BrN5O2. The number of halogens is 1. The zero-order valence-electron chi connectivity index (χ0n) is 15.4. The zero-order chi connectivity index (χ0) is 19.6. The van der Waals surface area contributed by atoms with E-state index in [1.54, 1.807) is 21.0 Å². The molecule has 1 amide bonds. The Morgan fingerprint density at radius 1 is 1.25 bits per heavy atom. The topological polar surface area (TPSA) is 94.5 Å². The number of pyridine rings is 1. The number of carbonyl (C=O) groups is 1. The van der Waals surface area contributed by atoms with Gasteiger partial charge in [-0.25, -0.2) is 0 Å². The van der Waals surface area contributed by atoms with Crippen LogP contribution in [0.5, 0.6) is 5.75 Å². The number of rotatable bonds is 6. The molecule has 0 aliphatic heterocycles. The molecule has 1 aromatic carbocycles. The van der Waals surface area contributed by atoms with Crippen LogP contribution in [-0.2, 0) is 11.2 Å². The molecule has 8 heteroatoms. The van der Waals surface area contributed by atoms with E-state index in [9.17, 15) is 4.79 Å². The average molecular weight is 448 g/mol. The van der Waals surface area contributed by atoms with Gasteiger partial charge in [-0.2, -0.15) is 0 Å². The van der Waals surface area contributed by atoms with Gasteiger partial charge in [0.1, 0.15) is 5.75 Å². The molecular weight excluding hydrogens is 422 g/mol. The van der Waals surface area contributed by atoms with E-state index in [4.69, 9.17) is 10.5 Å². The fourth-order valence-corrected chi connectivity index (χ4v) is 3.01. The first-order valence-corrected chi connectivity index (χ1v) is 9.30. The highest BCUT2D eigenvalue weighted by molar-refractivity contribution is 9.10. The Hall–Kier alpha value is -2.45. The molecule has 7 nitrogen and oxygen atoms in total. The second-order valence-electron chi connectivity index (χ2n) is 6.93. The Kier molecular flexibility index (Phi) is 6.79. The molecule has 0 bridgehead atoms. The maximum absolute atomic E-state index is 12.5. The lowest BCUT2D eigenvalue weighted by molar-refractivity contribution is -0.126. The van der Waals surface area contributed by atoms with Gasteiger partial charge in [0.15, 0.2) is 11.5 Å². The molecule has 0 aliphatic rings. The van der Waals surface area contributed by atoms with Gasteiger partial charge in [-0.3, -0.25) is 9.20 Å². The summed E-state index contributed by atoms with van der Waals surface area (Å²) >= 11 is 3.47. The Bertz CT molecular complexity index is 947. The molecule has 3 aromatic rings. The van der Waals surface area contributed by atoms with Gasteiger partial charge in [0, 0.05) is 10.7 Å². The number of ether oxygens (including phenoxy) is 1. The van der Waals surface area contributed by atoms with Crippen molar-refractivity contribution in [2.45, 2.75) is 39.3 Å². The van der Waals surface area contributed by atoms with Crippen LogP contribution in [0.3, 0.4) is 0 Å². The average Bonchev–Trinajstić information content (AvgIpc) is 3.03. The van der Waals surface area contributed by atoms with Crippen LogP contribution in [0.2, 0.25) is 0 Å². The standard InChI is InChI=1S/C19H22BrN5O2.CH4/c1-19(2,21)18(26)22-15(10-12-4-7-14(27-3)8-5-12)17-24-23-16-9-6-13(20)11-25(16)17;/h4-9,11,15H,10,21H2,1-3H3,(H,22,26);1H4/t15-;/m1./s1. The number of amides is 1. The summed E-state index contributed by atoms with van der Waals surface area (Å²) in [5.74, 6) is 1.16. The quantitative estimate of drug-likeness (QED) is 0.604. The molecule has 0 saturated carbocycles. The third kappa shape index (κ3) is 4.88. The normalized spacial score (nSPS) is 12.3. The Morgan fingerprint density at radius 2 is 1.93 bits per heavy atom. The number of nitrogens with two attached hydrogens (primary N) is 1. The van der Waals surface area contributed by atoms with Crippen LogP contribution in [0.4, 0.5) is 0 Å². The third-order valence-electron chi connectivity index (χ3n) is 4.19. The maximum atomic E-state index is 12.5. The summed E-state index contributed by atoms with van der Waals surface area (Å²) in [6, 6.07) is 11.1. The van der Waals surface area contributed by atoms with Crippen molar-refractivity contribution in [2.24, 2.45) is 5.73 Å². The van der Waals surface area contributed by atoms with Gasteiger partial charge in [0.25, 0.3) is 0 Å². The zero-order valence-corrected chi connectivity index (χ0v) is 17.0. The number of hydrogen-bond acceptors (Lipinski definition) is 5. The molecule has 0 unspecified atom stereocenters. The van der Waals surface area contributed by atoms with Crippen LogP contribution >= 0.6 is 15.9 Å². The summed E-state index contributed by atoms with van der Waals surface area (Å²) in [5.41, 5.74) is 6.70. The van der Waals surface area contributed by atoms with E-state index < -0.39 is 11.6 Å². The smallest absolute Gasteiger partial charge is 0.240 e. The van der Waals surface area contributed by atoms with Gasteiger partial charge >= 0.3 is 0 Å². The second-order valence-corrected chi connectivity index (χ2v) is 7.85. The van der Waals surface area contributed by atoms with Crippen molar-refractivity contribution in [1.82, 2.24) is 19.9 Å². The first kappa shape index (κ1) is 21.8. The molecule has 0 saturated heterocycles. The largest absolute Gasteiger partial charge is 0.497 e. The minimum absolute atomic E-state index is 0. The Labute approximate surface area is 173 Å². The van der Waals surface area contributed by atoms with Crippen molar-refractivity contribution in [1.29, 1.82) is 0 Å². The van der Waals surface area contributed by atoms with E-state index in [1.807, 2.05) is 47.0 Å². The SMILES string of the molecule is C.COc1ccc(C[C@@H](NC(=O)C(C)(C)N)c2nnc3ccc(Br)cn23)cc1. The first-order valence-electron chi connectivity index (χ1n) is 8.51. The maximum Gasteiger partial charge on any atom is 0.240 e. The molecule has 3 N–H and O–H groups in total. The lowest BCUT2D eigenvalue weighted by atomic mass is 10.0. The van der Waals surface area contributed by atoms with Crippen LogP contribution in [-0.4, -0.2) is 33.2 Å². The molecule has 28 heavy (non-hydrogen) atoms. The summed E-state index contributed by atoms with van der Waals surface area (Å²) in [4.78, 5) is 12.5. The van der Waals surface area contributed by atoms with E-state index in [-0.39, 0.29) is 13.3 Å². The number of nitrogens with one attached hydrogen (secondary N) is 1. The molecule has 0 radical (unpaired) electrons. The predicted molar refractivity (Wildman–Crippen MR) is 113 cm³/mol. The number of fused-ring (bicyclic) bond motifs is 1. The van der Waals surface area contributed by atoms with Crippen molar-refractivity contribution in [3.63, 3.8) is 0 Å². The Morgan fingerprint density at radius 3 is 2.54 bits per heavy atom. The molecule has 0 fully saturated rings. The van der Waals surface area contributed by atoms with Crippen LogP contribution < -0.4 is 15.8 Å². The van der Waals surface area contributed by atoms with E-state index in [2.05, 4.69) is 31.4 Å². The number of hydrogen-bond donors (Lipinski definition) is 2. The molecule has 0 aliphatic carbocycles.